The molecule has 170 valence electrons. The maximum atomic E-state index is 13.1. The fourth-order valence-corrected chi connectivity index (χ4v) is 5.28. The molecule has 5 nitrogen and oxygen atoms in total. The number of ether oxygens (including phenoxy) is 1. The first-order chi connectivity index (χ1) is 15.5. The Morgan fingerprint density at radius 1 is 1.12 bits per heavy atom. The molecule has 8 heteroatoms. The third-order valence-corrected chi connectivity index (χ3v) is 6.96. The van der Waals surface area contributed by atoms with Gasteiger partial charge in [-0.3, -0.25) is 9.59 Å². The van der Waals surface area contributed by atoms with Gasteiger partial charge in [0.15, 0.2) is 0 Å². The Bertz CT molecular complexity index is 979. The molecular formula is C24H26F2N2O3S. The van der Waals surface area contributed by atoms with Crippen LogP contribution in [0.25, 0.3) is 0 Å². The summed E-state index contributed by atoms with van der Waals surface area (Å²) in [4.78, 5) is 28.2. The highest BCUT2D eigenvalue weighted by atomic mass is 32.2. The van der Waals surface area contributed by atoms with Crippen molar-refractivity contribution in [2.24, 2.45) is 0 Å². The number of alkyl halides is 2. The molecule has 0 radical (unpaired) electrons. The molecule has 1 aliphatic carbocycles. The Balaban J connectivity index is 1.44. The van der Waals surface area contributed by atoms with Crippen LogP contribution in [0.3, 0.4) is 0 Å². The van der Waals surface area contributed by atoms with E-state index in [1.807, 2.05) is 23.1 Å². The normalized spacial score (nSPS) is 17.8. The van der Waals surface area contributed by atoms with Crippen LogP contribution in [0.4, 0.5) is 8.78 Å². The number of carbonyl (C=O) groups is 2. The summed E-state index contributed by atoms with van der Waals surface area (Å²) in [5, 5.41) is 3.10. The Labute approximate surface area is 190 Å². The molecule has 1 N–H and O–H groups in total. The molecule has 32 heavy (non-hydrogen) atoms. The minimum atomic E-state index is -2.86. The third-order valence-electron chi connectivity index (χ3n) is 5.90. The van der Waals surface area contributed by atoms with E-state index >= 15 is 0 Å². The lowest BCUT2D eigenvalue weighted by Crippen LogP contribution is -2.31. The van der Waals surface area contributed by atoms with E-state index in [1.54, 1.807) is 18.2 Å². The predicted octanol–water partition coefficient (Wildman–Crippen LogP) is 4.81. The first-order valence-corrected chi connectivity index (χ1v) is 11.9. The molecule has 0 bridgehead atoms. The second kappa shape index (κ2) is 10.3. The van der Waals surface area contributed by atoms with Gasteiger partial charge < -0.3 is 15.0 Å². The summed E-state index contributed by atoms with van der Waals surface area (Å²) in [7, 11) is 0. The van der Waals surface area contributed by atoms with E-state index in [-0.39, 0.29) is 23.6 Å². The molecule has 1 saturated heterocycles. The molecule has 0 saturated carbocycles. The lowest BCUT2D eigenvalue weighted by molar-refractivity contribution is -0.127. The summed E-state index contributed by atoms with van der Waals surface area (Å²) in [6.07, 6.45) is 4.47. The maximum absolute atomic E-state index is 13.1. The van der Waals surface area contributed by atoms with Crippen LogP contribution in [0.5, 0.6) is 5.75 Å². The number of fused-ring (bicyclic) bond motifs is 1. The number of halogens is 2. The number of amides is 2. The fourth-order valence-electron chi connectivity index (χ4n) is 4.33. The molecule has 1 unspecified atom stereocenters. The topological polar surface area (TPSA) is 58.6 Å². The van der Waals surface area contributed by atoms with Crippen molar-refractivity contribution in [2.75, 3.05) is 18.8 Å². The van der Waals surface area contributed by atoms with Crippen LogP contribution in [0, 0.1) is 0 Å². The van der Waals surface area contributed by atoms with Crippen LogP contribution < -0.4 is 10.1 Å². The van der Waals surface area contributed by atoms with Crippen molar-refractivity contribution in [1.82, 2.24) is 10.2 Å². The maximum Gasteiger partial charge on any atom is 0.387 e. The van der Waals surface area contributed by atoms with Crippen molar-refractivity contribution >= 4 is 23.6 Å². The number of hydrogen-bond donors (Lipinski definition) is 1. The molecule has 0 spiro atoms. The first kappa shape index (κ1) is 22.6. The van der Waals surface area contributed by atoms with E-state index < -0.39 is 6.61 Å². The zero-order chi connectivity index (χ0) is 22.5. The van der Waals surface area contributed by atoms with Gasteiger partial charge in [-0.25, -0.2) is 0 Å². The zero-order valence-electron chi connectivity index (χ0n) is 17.7. The van der Waals surface area contributed by atoms with E-state index in [9.17, 15) is 18.4 Å². The van der Waals surface area contributed by atoms with Gasteiger partial charge >= 0.3 is 6.61 Å². The summed E-state index contributed by atoms with van der Waals surface area (Å²) in [6.45, 7) is -1.24. The second-order valence-electron chi connectivity index (χ2n) is 8.03. The number of hydrogen-bond acceptors (Lipinski definition) is 4. The van der Waals surface area contributed by atoms with Crippen LogP contribution in [-0.4, -0.2) is 42.2 Å². The summed E-state index contributed by atoms with van der Waals surface area (Å²) in [6, 6.07) is 12.0. The molecule has 0 aromatic heterocycles. The standard InChI is InChI=1S/C24H26F2N2O3S/c25-24(26)31-17-10-11-18-16(14-17)6-5-8-20(18)27-23(30)19-7-1-2-9-21(19)32-15-22(29)28-12-3-4-13-28/h1-2,7,9-11,14,20,24H,3-6,8,12-13,15H2,(H,27,30). The number of nitrogens with one attached hydrogen (secondary N) is 1. The highest BCUT2D eigenvalue weighted by Gasteiger charge is 2.25. The molecule has 1 aliphatic heterocycles. The number of carbonyl (C=O) groups excluding carboxylic acids is 2. The average molecular weight is 461 g/mol. The van der Waals surface area contributed by atoms with Crippen molar-refractivity contribution in [3.8, 4) is 5.75 Å². The van der Waals surface area contributed by atoms with Crippen molar-refractivity contribution in [3.63, 3.8) is 0 Å². The number of likely N-dealkylation sites (tertiary alicyclic amines) is 1. The number of benzene rings is 2. The van der Waals surface area contributed by atoms with E-state index in [0.29, 0.717) is 11.3 Å². The molecule has 1 atom stereocenters. The number of rotatable bonds is 7. The van der Waals surface area contributed by atoms with Gasteiger partial charge in [0.05, 0.1) is 17.4 Å². The number of nitrogens with zero attached hydrogens (tertiary/aromatic N) is 1. The van der Waals surface area contributed by atoms with Gasteiger partial charge in [0.25, 0.3) is 5.91 Å². The summed E-state index contributed by atoms with van der Waals surface area (Å²) in [5.74, 6) is 0.345. The van der Waals surface area contributed by atoms with Gasteiger partial charge in [-0.2, -0.15) is 8.78 Å². The van der Waals surface area contributed by atoms with Crippen LogP contribution in [-0.2, 0) is 11.2 Å². The van der Waals surface area contributed by atoms with Gasteiger partial charge in [0, 0.05) is 18.0 Å². The molecule has 4 rings (SSSR count). The molecule has 2 aliphatic rings. The predicted molar refractivity (Wildman–Crippen MR) is 119 cm³/mol. The van der Waals surface area contributed by atoms with Gasteiger partial charge in [0.2, 0.25) is 5.91 Å². The van der Waals surface area contributed by atoms with E-state index in [1.165, 1.54) is 17.8 Å². The Hall–Kier alpha value is -2.61. The van der Waals surface area contributed by atoms with E-state index in [0.717, 1.165) is 61.2 Å². The van der Waals surface area contributed by atoms with Gasteiger partial charge in [0.1, 0.15) is 5.75 Å². The largest absolute Gasteiger partial charge is 0.435 e. The summed E-state index contributed by atoms with van der Waals surface area (Å²) < 4.78 is 29.6. The van der Waals surface area contributed by atoms with Crippen molar-refractivity contribution in [1.29, 1.82) is 0 Å². The molecular weight excluding hydrogens is 434 g/mol. The van der Waals surface area contributed by atoms with Gasteiger partial charge in [-0.15, -0.1) is 11.8 Å². The quantitative estimate of drug-likeness (QED) is 0.603. The third kappa shape index (κ3) is 5.41. The molecule has 2 aromatic rings. The fraction of sp³-hybridized carbons (Fsp3) is 0.417. The number of thioether (sulfide) groups is 1. The van der Waals surface area contributed by atoms with Crippen LogP contribution in [0.1, 0.15) is 53.2 Å². The highest BCUT2D eigenvalue weighted by molar-refractivity contribution is 8.00. The average Bonchev–Trinajstić information content (AvgIpc) is 3.32. The SMILES string of the molecule is O=C(NC1CCCc2cc(OC(F)F)ccc21)c1ccccc1SCC(=O)N1CCCC1. The zero-order valence-corrected chi connectivity index (χ0v) is 18.5. The number of aryl methyl sites for hydroxylation is 1. The lowest BCUT2D eigenvalue weighted by Gasteiger charge is -2.27. The molecule has 1 fully saturated rings. The van der Waals surface area contributed by atoms with Gasteiger partial charge in [-0.1, -0.05) is 18.2 Å². The Morgan fingerprint density at radius 3 is 2.69 bits per heavy atom. The minimum Gasteiger partial charge on any atom is -0.435 e. The van der Waals surface area contributed by atoms with Crippen molar-refractivity contribution in [3.05, 3.63) is 59.2 Å². The smallest absolute Gasteiger partial charge is 0.387 e. The highest BCUT2D eigenvalue weighted by Crippen LogP contribution is 2.33. The summed E-state index contributed by atoms with van der Waals surface area (Å²) in [5.41, 5.74) is 2.38. The van der Waals surface area contributed by atoms with Crippen LogP contribution in [0.15, 0.2) is 47.4 Å². The molecule has 2 aromatic carbocycles. The molecule has 1 heterocycles. The van der Waals surface area contributed by atoms with Crippen molar-refractivity contribution < 1.29 is 23.1 Å². The van der Waals surface area contributed by atoms with E-state index in [4.69, 9.17) is 0 Å². The van der Waals surface area contributed by atoms with Gasteiger partial charge in [-0.05, 0) is 67.5 Å². The Kier molecular flexibility index (Phi) is 7.29. The minimum absolute atomic E-state index is 0.103. The monoisotopic (exact) mass is 460 g/mol. The van der Waals surface area contributed by atoms with E-state index in [2.05, 4.69) is 10.1 Å². The van der Waals surface area contributed by atoms with Crippen LogP contribution >= 0.6 is 11.8 Å². The Morgan fingerprint density at radius 2 is 1.91 bits per heavy atom. The second-order valence-corrected chi connectivity index (χ2v) is 9.05. The lowest BCUT2D eigenvalue weighted by atomic mass is 9.87. The van der Waals surface area contributed by atoms with Crippen molar-refractivity contribution in [2.45, 2.75) is 49.7 Å². The summed E-state index contributed by atoms with van der Waals surface area (Å²) >= 11 is 1.39. The molecule has 2 amide bonds. The first-order valence-electron chi connectivity index (χ1n) is 10.9. The van der Waals surface area contributed by atoms with Crippen LogP contribution in [0.2, 0.25) is 0 Å².